The van der Waals surface area contributed by atoms with E-state index in [2.05, 4.69) is 24.5 Å². The number of hydrogen-bond acceptors (Lipinski definition) is 2. The van der Waals surface area contributed by atoms with E-state index in [-0.39, 0.29) is 11.3 Å². The van der Waals surface area contributed by atoms with E-state index in [1.54, 1.807) is 0 Å². The van der Waals surface area contributed by atoms with Crippen molar-refractivity contribution in [2.45, 2.75) is 46.0 Å². The number of nitrogens with one attached hydrogen (secondary N) is 2. The lowest BCUT2D eigenvalue weighted by atomic mass is 9.82. The van der Waals surface area contributed by atoms with Gasteiger partial charge in [0.25, 0.3) is 0 Å². The highest BCUT2D eigenvalue weighted by molar-refractivity contribution is 5.82. The van der Waals surface area contributed by atoms with E-state index in [4.69, 9.17) is 0 Å². The fourth-order valence-corrected chi connectivity index (χ4v) is 2.42. The smallest absolute Gasteiger partial charge is 0.226 e. The Bertz CT molecular complexity index is 198. The number of carbonyl (C=O) groups excluding carboxylic acids is 1. The Hall–Kier alpha value is -0.570. The number of amides is 1. The molecule has 1 amide bonds. The fourth-order valence-electron chi connectivity index (χ4n) is 2.42. The van der Waals surface area contributed by atoms with Crippen molar-refractivity contribution in [1.82, 2.24) is 10.6 Å². The monoisotopic (exact) mass is 212 g/mol. The van der Waals surface area contributed by atoms with E-state index in [1.165, 1.54) is 12.8 Å². The number of rotatable bonds is 6. The highest BCUT2D eigenvalue weighted by atomic mass is 16.2. The molecule has 0 unspecified atom stereocenters. The summed E-state index contributed by atoms with van der Waals surface area (Å²) in [7, 11) is 0. The first-order valence-electron chi connectivity index (χ1n) is 6.24. The molecule has 15 heavy (non-hydrogen) atoms. The molecule has 0 radical (unpaired) electrons. The molecule has 0 aromatic rings. The highest BCUT2D eigenvalue weighted by Crippen LogP contribution is 2.40. The molecule has 3 heteroatoms. The van der Waals surface area contributed by atoms with Crippen molar-refractivity contribution in [3.05, 3.63) is 0 Å². The van der Waals surface area contributed by atoms with Crippen LogP contribution in [0.25, 0.3) is 0 Å². The maximum absolute atomic E-state index is 12.0. The van der Waals surface area contributed by atoms with E-state index in [1.807, 2.05) is 0 Å². The molecule has 1 aliphatic rings. The Morgan fingerprint density at radius 3 is 2.40 bits per heavy atom. The maximum atomic E-state index is 12.0. The molecule has 2 N–H and O–H groups in total. The number of hydrogen-bond donors (Lipinski definition) is 2. The van der Waals surface area contributed by atoms with Gasteiger partial charge in [-0.1, -0.05) is 26.7 Å². The molecule has 1 fully saturated rings. The lowest BCUT2D eigenvalue weighted by molar-refractivity contribution is -0.130. The Kier molecular flexibility index (Phi) is 5.09. The predicted molar refractivity (Wildman–Crippen MR) is 62.7 cm³/mol. The van der Waals surface area contributed by atoms with E-state index in [9.17, 15) is 4.79 Å². The van der Waals surface area contributed by atoms with Gasteiger partial charge in [0, 0.05) is 18.5 Å². The summed E-state index contributed by atoms with van der Waals surface area (Å²) >= 11 is 0. The van der Waals surface area contributed by atoms with E-state index in [0.717, 1.165) is 38.9 Å². The summed E-state index contributed by atoms with van der Waals surface area (Å²) in [6.07, 6.45) is 5.58. The third-order valence-corrected chi connectivity index (χ3v) is 3.56. The molecule has 0 bridgehead atoms. The minimum Gasteiger partial charge on any atom is -0.354 e. The molecule has 1 saturated carbocycles. The SMILES string of the molecule is CCNCCNC(=O)C1(CC)CCCC1. The van der Waals surface area contributed by atoms with Crippen molar-refractivity contribution in [2.75, 3.05) is 19.6 Å². The van der Waals surface area contributed by atoms with Crippen LogP contribution in [-0.2, 0) is 4.79 Å². The van der Waals surface area contributed by atoms with Crippen LogP contribution in [0.2, 0.25) is 0 Å². The van der Waals surface area contributed by atoms with E-state index in [0.29, 0.717) is 0 Å². The first-order valence-corrected chi connectivity index (χ1v) is 6.24. The van der Waals surface area contributed by atoms with Crippen LogP contribution in [0, 0.1) is 5.41 Å². The number of likely N-dealkylation sites (N-methyl/N-ethyl adjacent to an activating group) is 1. The Morgan fingerprint density at radius 1 is 1.20 bits per heavy atom. The van der Waals surface area contributed by atoms with Crippen molar-refractivity contribution in [1.29, 1.82) is 0 Å². The second-order valence-corrected chi connectivity index (χ2v) is 4.45. The van der Waals surface area contributed by atoms with Gasteiger partial charge in [0.2, 0.25) is 5.91 Å². The second-order valence-electron chi connectivity index (χ2n) is 4.45. The van der Waals surface area contributed by atoms with Gasteiger partial charge in [-0.2, -0.15) is 0 Å². The average Bonchev–Trinajstić information content (AvgIpc) is 2.74. The zero-order valence-corrected chi connectivity index (χ0v) is 10.1. The maximum Gasteiger partial charge on any atom is 0.226 e. The van der Waals surface area contributed by atoms with Crippen LogP contribution in [-0.4, -0.2) is 25.5 Å². The van der Waals surface area contributed by atoms with Gasteiger partial charge in [0.05, 0.1) is 0 Å². The molecule has 0 aromatic carbocycles. The summed E-state index contributed by atoms with van der Waals surface area (Å²) in [5, 5.41) is 6.26. The van der Waals surface area contributed by atoms with Gasteiger partial charge < -0.3 is 10.6 Å². The molecule has 0 heterocycles. The van der Waals surface area contributed by atoms with Gasteiger partial charge in [-0.3, -0.25) is 4.79 Å². The Labute approximate surface area is 93.0 Å². The Morgan fingerprint density at radius 2 is 1.87 bits per heavy atom. The molecule has 0 saturated heterocycles. The first kappa shape index (κ1) is 12.5. The summed E-state index contributed by atoms with van der Waals surface area (Å²) in [5.41, 5.74) is -0.0355. The van der Waals surface area contributed by atoms with Crippen molar-refractivity contribution >= 4 is 5.91 Å². The second kappa shape index (κ2) is 6.11. The van der Waals surface area contributed by atoms with Gasteiger partial charge >= 0.3 is 0 Å². The number of carbonyl (C=O) groups is 1. The topological polar surface area (TPSA) is 41.1 Å². The van der Waals surface area contributed by atoms with Gasteiger partial charge in [-0.15, -0.1) is 0 Å². The summed E-state index contributed by atoms with van der Waals surface area (Å²) in [4.78, 5) is 12.0. The van der Waals surface area contributed by atoms with Gasteiger partial charge in [0.1, 0.15) is 0 Å². The zero-order chi connectivity index (χ0) is 11.1. The molecule has 0 spiro atoms. The third kappa shape index (κ3) is 3.20. The first-order chi connectivity index (χ1) is 7.25. The fraction of sp³-hybridized carbons (Fsp3) is 0.917. The highest BCUT2D eigenvalue weighted by Gasteiger charge is 2.38. The predicted octanol–water partition coefficient (Wildman–Crippen LogP) is 1.68. The average molecular weight is 212 g/mol. The molecule has 3 nitrogen and oxygen atoms in total. The van der Waals surface area contributed by atoms with E-state index < -0.39 is 0 Å². The lowest BCUT2D eigenvalue weighted by Crippen LogP contribution is -2.41. The minimum atomic E-state index is -0.0355. The summed E-state index contributed by atoms with van der Waals surface area (Å²) in [5.74, 6) is 0.278. The van der Waals surface area contributed by atoms with Crippen LogP contribution in [0.15, 0.2) is 0 Å². The summed E-state index contributed by atoms with van der Waals surface area (Å²) in [6.45, 7) is 6.81. The summed E-state index contributed by atoms with van der Waals surface area (Å²) in [6, 6.07) is 0. The van der Waals surface area contributed by atoms with Crippen molar-refractivity contribution in [2.24, 2.45) is 5.41 Å². The lowest BCUT2D eigenvalue weighted by Gasteiger charge is -2.26. The minimum absolute atomic E-state index is 0.0355. The zero-order valence-electron chi connectivity index (χ0n) is 10.1. The molecule has 88 valence electrons. The largest absolute Gasteiger partial charge is 0.354 e. The standard InChI is InChI=1S/C12H24N2O/c1-3-12(7-5-6-8-12)11(15)14-10-9-13-4-2/h13H,3-10H2,1-2H3,(H,14,15). The van der Waals surface area contributed by atoms with Crippen molar-refractivity contribution in [3.63, 3.8) is 0 Å². The van der Waals surface area contributed by atoms with Crippen LogP contribution >= 0.6 is 0 Å². The Balaban J connectivity index is 2.31. The van der Waals surface area contributed by atoms with Gasteiger partial charge in [0.15, 0.2) is 0 Å². The van der Waals surface area contributed by atoms with Crippen molar-refractivity contribution < 1.29 is 4.79 Å². The van der Waals surface area contributed by atoms with Gasteiger partial charge in [-0.05, 0) is 25.8 Å². The summed E-state index contributed by atoms with van der Waals surface area (Å²) < 4.78 is 0. The quantitative estimate of drug-likeness (QED) is 0.658. The van der Waals surface area contributed by atoms with Crippen LogP contribution < -0.4 is 10.6 Å². The molecule has 1 aliphatic carbocycles. The van der Waals surface area contributed by atoms with Crippen LogP contribution in [0.4, 0.5) is 0 Å². The van der Waals surface area contributed by atoms with Gasteiger partial charge in [-0.25, -0.2) is 0 Å². The molecule has 0 aromatic heterocycles. The van der Waals surface area contributed by atoms with Crippen LogP contribution in [0.1, 0.15) is 46.0 Å². The molecule has 1 rings (SSSR count). The molecular weight excluding hydrogens is 188 g/mol. The molecule has 0 aliphatic heterocycles. The third-order valence-electron chi connectivity index (χ3n) is 3.56. The van der Waals surface area contributed by atoms with Crippen LogP contribution in [0.3, 0.4) is 0 Å². The normalized spacial score (nSPS) is 19.1. The molecule has 0 atom stereocenters. The van der Waals surface area contributed by atoms with Crippen molar-refractivity contribution in [3.8, 4) is 0 Å². The molecular formula is C12H24N2O. The van der Waals surface area contributed by atoms with Crippen LogP contribution in [0.5, 0.6) is 0 Å². The van der Waals surface area contributed by atoms with E-state index >= 15 is 0 Å².